The first kappa shape index (κ1) is 25.4. The number of nitrogens with one attached hydrogen (secondary N) is 1. The predicted octanol–water partition coefficient (Wildman–Crippen LogP) is 5.19. The van der Waals surface area contributed by atoms with E-state index in [-0.39, 0.29) is 36.4 Å². The van der Waals surface area contributed by atoms with Gasteiger partial charge in [0.05, 0.1) is 11.1 Å². The summed E-state index contributed by atoms with van der Waals surface area (Å²) in [6, 6.07) is 8.27. The van der Waals surface area contributed by atoms with Gasteiger partial charge in [0.2, 0.25) is 0 Å². The summed E-state index contributed by atoms with van der Waals surface area (Å²) < 4.78 is 71.1. The molecule has 5 nitrogen and oxygen atoms in total. The first-order chi connectivity index (χ1) is 15.9. The molecule has 0 radical (unpaired) electrons. The summed E-state index contributed by atoms with van der Waals surface area (Å²) in [5, 5.41) is 3.00. The number of aromatic nitrogens is 1. The number of hydrogen-bond acceptors (Lipinski definition) is 4. The SMILES string of the molecule is Cc1cc(OCc2c(F)cccc2F)c2nccc(C(=O)NCC(C)(N)CCC(F)(F)F)c2c1. The topological polar surface area (TPSA) is 77.2 Å². The van der Waals surface area contributed by atoms with Crippen molar-refractivity contribution in [2.75, 3.05) is 6.54 Å². The normalized spacial score (nSPS) is 13.5. The number of rotatable bonds is 8. The molecular formula is C24H24F5N3O2. The molecule has 2 aromatic carbocycles. The van der Waals surface area contributed by atoms with E-state index in [1.165, 1.54) is 25.3 Å². The molecule has 3 rings (SSSR count). The van der Waals surface area contributed by atoms with Crippen molar-refractivity contribution in [1.82, 2.24) is 10.3 Å². The van der Waals surface area contributed by atoms with E-state index >= 15 is 0 Å². The molecule has 3 N–H and O–H groups in total. The van der Waals surface area contributed by atoms with Gasteiger partial charge in [0.15, 0.2) is 0 Å². The van der Waals surface area contributed by atoms with Crippen molar-refractivity contribution in [2.45, 2.75) is 45.0 Å². The predicted molar refractivity (Wildman–Crippen MR) is 117 cm³/mol. The number of nitrogens with two attached hydrogens (primary N) is 1. The zero-order chi connectivity index (χ0) is 25.1. The van der Waals surface area contributed by atoms with E-state index in [0.29, 0.717) is 16.5 Å². The molecule has 1 atom stereocenters. The number of fused-ring (bicyclic) bond motifs is 1. The van der Waals surface area contributed by atoms with Crippen LogP contribution in [0.15, 0.2) is 42.6 Å². The smallest absolute Gasteiger partial charge is 0.389 e. The Hall–Kier alpha value is -3.27. The second kappa shape index (κ2) is 9.92. The number of alkyl halides is 3. The number of carbonyl (C=O) groups is 1. The largest absolute Gasteiger partial charge is 0.486 e. The van der Waals surface area contributed by atoms with Crippen molar-refractivity contribution in [3.8, 4) is 5.75 Å². The van der Waals surface area contributed by atoms with E-state index in [1.54, 1.807) is 19.1 Å². The average Bonchev–Trinajstić information content (AvgIpc) is 2.75. The Bertz CT molecular complexity index is 1170. The molecule has 1 aromatic heterocycles. The van der Waals surface area contributed by atoms with Gasteiger partial charge in [-0.05, 0) is 56.2 Å². The van der Waals surface area contributed by atoms with Gasteiger partial charge in [-0.25, -0.2) is 8.78 Å². The molecule has 0 bridgehead atoms. The highest BCUT2D eigenvalue weighted by Gasteiger charge is 2.31. The molecule has 0 aliphatic carbocycles. The van der Waals surface area contributed by atoms with Gasteiger partial charge in [-0.1, -0.05) is 6.07 Å². The van der Waals surface area contributed by atoms with Crippen LogP contribution in [-0.4, -0.2) is 29.2 Å². The van der Waals surface area contributed by atoms with Gasteiger partial charge >= 0.3 is 6.18 Å². The maximum absolute atomic E-state index is 14.0. The Morgan fingerprint density at radius 3 is 2.44 bits per heavy atom. The number of ether oxygens (including phenoxy) is 1. The third-order valence-corrected chi connectivity index (χ3v) is 5.26. The highest BCUT2D eigenvalue weighted by atomic mass is 19.4. The second-order valence-electron chi connectivity index (χ2n) is 8.46. The van der Waals surface area contributed by atoms with Crippen molar-refractivity contribution in [3.05, 3.63) is 70.9 Å². The van der Waals surface area contributed by atoms with Crippen LogP contribution in [0.25, 0.3) is 10.9 Å². The summed E-state index contributed by atoms with van der Waals surface area (Å²) in [6.45, 7) is 2.62. The number of aryl methyl sites for hydroxylation is 1. The molecule has 1 unspecified atom stereocenters. The Morgan fingerprint density at radius 2 is 1.79 bits per heavy atom. The Morgan fingerprint density at radius 1 is 1.12 bits per heavy atom. The van der Waals surface area contributed by atoms with Crippen LogP contribution in [0.5, 0.6) is 5.75 Å². The molecule has 10 heteroatoms. The van der Waals surface area contributed by atoms with E-state index in [4.69, 9.17) is 10.5 Å². The number of benzene rings is 2. The maximum atomic E-state index is 14.0. The van der Waals surface area contributed by atoms with Gasteiger partial charge in [0.1, 0.15) is 29.5 Å². The molecule has 0 aliphatic heterocycles. The van der Waals surface area contributed by atoms with E-state index in [1.807, 2.05) is 0 Å². The standard InChI is InChI=1S/C24H24F5N3O2/c1-14-10-16-15(22(33)32-13-23(2,30)7-8-24(27,28)29)6-9-31-21(16)20(11-14)34-12-17-18(25)4-3-5-19(17)26/h3-6,9-11H,7-8,12-13,30H2,1-2H3,(H,32,33). The fourth-order valence-electron chi connectivity index (χ4n) is 3.38. The molecule has 0 aliphatic rings. The van der Waals surface area contributed by atoms with Crippen LogP contribution in [0.2, 0.25) is 0 Å². The summed E-state index contributed by atoms with van der Waals surface area (Å²) in [5.74, 6) is -1.82. The van der Waals surface area contributed by atoms with Gasteiger partial charge in [-0.3, -0.25) is 9.78 Å². The van der Waals surface area contributed by atoms with Crippen LogP contribution in [0.1, 0.15) is 41.3 Å². The lowest BCUT2D eigenvalue weighted by atomic mass is 9.96. The van der Waals surface area contributed by atoms with E-state index in [0.717, 1.165) is 12.1 Å². The zero-order valence-electron chi connectivity index (χ0n) is 18.6. The van der Waals surface area contributed by atoms with Crippen molar-refractivity contribution in [1.29, 1.82) is 0 Å². The fraction of sp³-hybridized carbons (Fsp3) is 0.333. The minimum atomic E-state index is -4.34. The summed E-state index contributed by atoms with van der Waals surface area (Å²) in [7, 11) is 0. The molecule has 1 amide bonds. The highest BCUT2D eigenvalue weighted by Crippen LogP contribution is 2.30. The van der Waals surface area contributed by atoms with Crippen LogP contribution < -0.4 is 15.8 Å². The van der Waals surface area contributed by atoms with Crippen LogP contribution >= 0.6 is 0 Å². The minimum absolute atomic E-state index is 0.173. The van der Waals surface area contributed by atoms with E-state index in [2.05, 4.69) is 10.3 Å². The first-order valence-corrected chi connectivity index (χ1v) is 10.5. The third kappa shape index (κ3) is 6.40. The second-order valence-corrected chi connectivity index (χ2v) is 8.46. The highest BCUT2D eigenvalue weighted by molar-refractivity contribution is 6.07. The van der Waals surface area contributed by atoms with Crippen molar-refractivity contribution in [3.63, 3.8) is 0 Å². The summed E-state index contributed by atoms with van der Waals surface area (Å²) in [4.78, 5) is 17.1. The van der Waals surface area contributed by atoms with Crippen LogP contribution in [0, 0.1) is 18.6 Å². The zero-order valence-corrected chi connectivity index (χ0v) is 18.6. The minimum Gasteiger partial charge on any atom is -0.486 e. The van der Waals surface area contributed by atoms with Gasteiger partial charge in [0, 0.05) is 30.1 Å². The molecule has 0 spiro atoms. The van der Waals surface area contributed by atoms with Crippen molar-refractivity contribution in [2.24, 2.45) is 5.73 Å². The summed E-state index contributed by atoms with van der Waals surface area (Å²) in [5.41, 5.74) is 5.62. The maximum Gasteiger partial charge on any atom is 0.389 e. The van der Waals surface area contributed by atoms with Crippen LogP contribution in [-0.2, 0) is 6.61 Å². The number of halogens is 5. The Labute approximate surface area is 193 Å². The molecule has 0 saturated carbocycles. The Kier molecular flexibility index (Phi) is 7.40. The van der Waals surface area contributed by atoms with Gasteiger partial charge in [0.25, 0.3) is 5.91 Å². The first-order valence-electron chi connectivity index (χ1n) is 10.5. The third-order valence-electron chi connectivity index (χ3n) is 5.26. The molecule has 3 aromatic rings. The average molecular weight is 481 g/mol. The van der Waals surface area contributed by atoms with Crippen molar-refractivity contribution >= 4 is 16.8 Å². The molecule has 34 heavy (non-hydrogen) atoms. The molecule has 0 fully saturated rings. The van der Waals surface area contributed by atoms with Crippen LogP contribution in [0.4, 0.5) is 22.0 Å². The lowest BCUT2D eigenvalue weighted by Gasteiger charge is -2.25. The molecular weight excluding hydrogens is 457 g/mol. The molecule has 1 heterocycles. The lowest BCUT2D eigenvalue weighted by molar-refractivity contribution is -0.137. The van der Waals surface area contributed by atoms with Crippen molar-refractivity contribution < 1.29 is 31.5 Å². The van der Waals surface area contributed by atoms with Gasteiger partial charge in [-0.2, -0.15) is 13.2 Å². The number of pyridine rings is 1. The summed E-state index contributed by atoms with van der Waals surface area (Å²) >= 11 is 0. The van der Waals surface area contributed by atoms with Crippen LogP contribution in [0.3, 0.4) is 0 Å². The van der Waals surface area contributed by atoms with E-state index in [9.17, 15) is 26.7 Å². The Balaban J connectivity index is 1.82. The summed E-state index contributed by atoms with van der Waals surface area (Å²) in [6.07, 6.45) is -4.38. The van der Waals surface area contributed by atoms with Gasteiger partial charge < -0.3 is 15.8 Å². The van der Waals surface area contributed by atoms with Gasteiger partial charge in [-0.15, -0.1) is 0 Å². The number of nitrogens with zero attached hydrogens (tertiary/aromatic N) is 1. The number of hydrogen-bond donors (Lipinski definition) is 2. The number of carbonyl (C=O) groups excluding carboxylic acids is 1. The molecule has 0 saturated heterocycles. The van der Waals surface area contributed by atoms with E-state index < -0.39 is 35.7 Å². The quantitative estimate of drug-likeness (QED) is 0.434. The number of amides is 1. The lowest BCUT2D eigenvalue weighted by Crippen LogP contribution is -2.48. The fourth-order valence-corrected chi connectivity index (χ4v) is 3.38. The monoisotopic (exact) mass is 481 g/mol. The molecule has 182 valence electrons.